The van der Waals surface area contributed by atoms with Crippen molar-refractivity contribution in [1.82, 2.24) is 14.9 Å². The number of urea groups is 1. The summed E-state index contributed by atoms with van der Waals surface area (Å²) in [6.45, 7) is 3.73. The summed E-state index contributed by atoms with van der Waals surface area (Å²) in [4.78, 5) is 34.5. The Kier molecular flexibility index (Phi) is 4.28. The van der Waals surface area contributed by atoms with Crippen molar-refractivity contribution in [3.8, 4) is 11.4 Å². The largest absolute Gasteiger partial charge is 0.479 e. The number of hydrogen-bond donors (Lipinski definition) is 2. The van der Waals surface area contributed by atoms with Gasteiger partial charge in [-0.15, -0.1) is 0 Å². The van der Waals surface area contributed by atoms with E-state index in [-0.39, 0.29) is 17.6 Å². The molecule has 146 valence electrons. The van der Waals surface area contributed by atoms with Crippen LogP contribution in [0.4, 0.5) is 14.9 Å². The Bertz CT molecular complexity index is 952. The molecule has 2 bridgehead atoms. The van der Waals surface area contributed by atoms with E-state index in [0.29, 0.717) is 29.8 Å². The van der Waals surface area contributed by atoms with Gasteiger partial charge in [0.15, 0.2) is 5.82 Å². The Morgan fingerprint density at radius 3 is 2.68 bits per heavy atom. The first-order valence-electron chi connectivity index (χ1n) is 9.23. The quantitative estimate of drug-likeness (QED) is 0.845. The van der Waals surface area contributed by atoms with Crippen LogP contribution >= 0.6 is 0 Å². The van der Waals surface area contributed by atoms with Crippen molar-refractivity contribution in [2.24, 2.45) is 5.92 Å². The molecule has 2 aliphatic rings. The number of aliphatic carboxylic acids is 1. The molecule has 0 aliphatic carbocycles. The maximum Gasteiger partial charge on any atom is 0.329 e. The van der Waals surface area contributed by atoms with Crippen LogP contribution in [0.3, 0.4) is 0 Å². The smallest absolute Gasteiger partial charge is 0.329 e. The molecular formula is C20H21FN4O3. The number of fused-ring (bicyclic) bond motifs is 2. The van der Waals surface area contributed by atoms with Gasteiger partial charge in [0.25, 0.3) is 0 Å². The number of halogens is 1. The predicted octanol–water partition coefficient (Wildman–Crippen LogP) is 3.45. The van der Waals surface area contributed by atoms with Gasteiger partial charge in [-0.1, -0.05) is 6.92 Å². The van der Waals surface area contributed by atoms with E-state index < -0.39 is 23.4 Å². The maximum atomic E-state index is 14.5. The molecule has 7 nitrogen and oxygen atoms in total. The minimum Gasteiger partial charge on any atom is -0.479 e. The Labute approximate surface area is 161 Å². The average molecular weight is 384 g/mol. The van der Waals surface area contributed by atoms with Crippen LogP contribution in [0.5, 0.6) is 0 Å². The standard InChI is InChI=1S/C20H21FN4O3/c1-11-6-13-10-20(9-11,18(26)27)25(13)19(28)24-16-8-14(12(2)7-15(16)21)17-22-4-3-5-23-17/h3-5,7-8,11,13H,6,9-10H2,1-2H3,(H,24,28)(H,26,27). The first kappa shape index (κ1) is 18.3. The number of carboxylic acids is 1. The molecule has 2 amide bonds. The summed E-state index contributed by atoms with van der Waals surface area (Å²) in [6, 6.07) is 3.76. The second kappa shape index (κ2) is 6.54. The van der Waals surface area contributed by atoms with E-state index >= 15 is 0 Å². The van der Waals surface area contributed by atoms with Crippen LogP contribution in [0.1, 0.15) is 31.7 Å². The number of nitrogens with one attached hydrogen (secondary N) is 1. The lowest BCUT2D eigenvalue weighted by molar-refractivity contribution is -0.173. The zero-order valence-corrected chi connectivity index (χ0v) is 15.6. The summed E-state index contributed by atoms with van der Waals surface area (Å²) in [5.74, 6) is -0.939. The van der Waals surface area contributed by atoms with Crippen molar-refractivity contribution < 1.29 is 19.1 Å². The van der Waals surface area contributed by atoms with Crippen LogP contribution < -0.4 is 5.32 Å². The fourth-order valence-corrected chi connectivity index (χ4v) is 4.57. The number of hydrogen-bond acceptors (Lipinski definition) is 4. The molecule has 1 aromatic heterocycles. The number of piperidine rings is 1. The van der Waals surface area contributed by atoms with Crippen LogP contribution in [0.15, 0.2) is 30.6 Å². The van der Waals surface area contributed by atoms with Crippen molar-refractivity contribution in [2.45, 2.75) is 44.7 Å². The Balaban J connectivity index is 1.63. The number of aromatic nitrogens is 2. The molecule has 0 spiro atoms. The number of amides is 2. The third-order valence-electron chi connectivity index (χ3n) is 5.74. The van der Waals surface area contributed by atoms with E-state index in [4.69, 9.17) is 0 Å². The zero-order valence-electron chi connectivity index (χ0n) is 15.6. The molecule has 2 saturated heterocycles. The first-order valence-corrected chi connectivity index (χ1v) is 9.23. The minimum absolute atomic E-state index is 0.0170. The molecule has 0 radical (unpaired) electrons. The van der Waals surface area contributed by atoms with Crippen molar-refractivity contribution in [1.29, 1.82) is 0 Å². The van der Waals surface area contributed by atoms with Crippen LogP contribution in [0.2, 0.25) is 0 Å². The highest BCUT2D eigenvalue weighted by Gasteiger charge is 2.63. The van der Waals surface area contributed by atoms with E-state index in [1.54, 1.807) is 25.4 Å². The Hall–Kier alpha value is -3.03. The van der Waals surface area contributed by atoms with Gasteiger partial charge in [0, 0.05) is 30.4 Å². The van der Waals surface area contributed by atoms with Crippen molar-refractivity contribution in [3.63, 3.8) is 0 Å². The molecular weight excluding hydrogens is 363 g/mol. The molecule has 2 N–H and O–H groups in total. The Morgan fingerprint density at radius 2 is 2.00 bits per heavy atom. The fourth-order valence-electron chi connectivity index (χ4n) is 4.57. The number of anilines is 1. The number of carboxylic acid groups (broad SMARTS) is 1. The second-order valence-electron chi connectivity index (χ2n) is 7.76. The molecule has 3 unspecified atom stereocenters. The number of nitrogens with zero attached hydrogens (tertiary/aromatic N) is 3. The molecule has 8 heteroatoms. The third kappa shape index (κ3) is 2.80. The van der Waals surface area contributed by atoms with Crippen LogP contribution in [0, 0.1) is 18.7 Å². The summed E-state index contributed by atoms with van der Waals surface area (Å²) >= 11 is 0. The highest BCUT2D eigenvalue weighted by atomic mass is 19.1. The van der Waals surface area contributed by atoms with Gasteiger partial charge < -0.3 is 15.3 Å². The van der Waals surface area contributed by atoms with Crippen LogP contribution in [-0.4, -0.2) is 43.6 Å². The molecule has 4 rings (SSSR count). The molecule has 2 aliphatic heterocycles. The summed E-state index contributed by atoms with van der Waals surface area (Å²) in [7, 11) is 0. The normalized spacial score (nSPS) is 25.8. The molecule has 28 heavy (non-hydrogen) atoms. The minimum atomic E-state index is -1.20. The molecule has 2 aromatic rings. The molecule has 0 saturated carbocycles. The van der Waals surface area contributed by atoms with Crippen molar-refractivity contribution in [3.05, 3.63) is 42.0 Å². The van der Waals surface area contributed by atoms with Gasteiger partial charge in [-0.2, -0.15) is 0 Å². The van der Waals surface area contributed by atoms with E-state index in [0.717, 1.165) is 6.42 Å². The number of carbonyl (C=O) groups is 2. The van der Waals surface area contributed by atoms with E-state index in [9.17, 15) is 19.1 Å². The lowest BCUT2D eigenvalue weighted by Crippen LogP contribution is -2.75. The van der Waals surface area contributed by atoms with Crippen LogP contribution in [-0.2, 0) is 4.79 Å². The highest BCUT2D eigenvalue weighted by Crippen LogP contribution is 2.50. The summed E-state index contributed by atoms with van der Waals surface area (Å²) in [5.41, 5.74) is 0.0246. The van der Waals surface area contributed by atoms with Gasteiger partial charge in [0.2, 0.25) is 0 Å². The zero-order chi connectivity index (χ0) is 20.1. The second-order valence-corrected chi connectivity index (χ2v) is 7.76. The molecule has 3 atom stereocenters. The Morgan fingerprint density at radius 1 is 1.29 bits per heavy atom. The fraction of sp³-hybridized carbons (Fsp3) is 0.400. The predicted molar refractivity (Wildman–Crippen MR) is 100 cm³/mol. The lowest BCUT2D eigenvalue weighted by Gasteiger charge is -2.60. The van der Waals surface area contributed by atoms with Gasteiger partial charge in [-0.3, -0.25) is 0 Å². The van der Waals surface area contributed by atoms with Crippen molar-refractivity contribution in [2.75, 3.05) is 5.32 Å². The SMILES string of the molecule is Cc1cc(F)c(NC(=O)N2C3CC(C)CC2(C(=O)O)C3)cc1-c1ncccn1. The lowest BCUT2D eigenvalue weighted by atomic mass is 9.64. The molecule has 3 heterocycles. The molecule has 2 fully saturated rings. The van der Waals surface area contributed by atoms with Gasteiger partial charge in [-0.25, -0.2) is 23.9 Å². The van der Waals surface area contributed by atoms with E-state index in [1.807, 2.05) is 6.92 Å². The summed E-state index contributed by atoms with van der Waals surface area (Å²) in [6.07, 6.45) is 4.78. The number of carbonyl (C=O) groups excluding carboxylic acids is 1. The van der Waals surface area contributed by atoms with Crippen molar-refractivity contribution >= 4 is 17.7 Å². The average Bonchev–Trinajstić information content (AvgIpc) is 2.63. The van der Waals surface area contributed by atoms with Crippen LogP contribution in [0.25, 0.3) is 11.4 Å². The van der Waals surface area contributed by atoms with Gasteiger partial charge in [0.1, 0.15) is 11.4 Å². The van der Waals surface area contributed by atoms with E-state index in [2.05, 4.69) is 15.3 Å². The van der Waals surface area contributed by atoms with Gasteiger partial charge in [-0.05, 0) is 49.4 Å². The summed E-state index contributed by atoms with van der Waals surface area (Å²) in [5, 5.41) is 12.3. The highest BCUT2D eigenvalue weighted by molar-refractivity contribution is 5.96. The summed E-state index contributed by atoms with van der Waals surface area (Å²) < 4.78 is 14.5. The monoisotopic (exact) mass is 384 g/mol. The number of rotatable bonds is 3. The van der Waals surface area contributed by atoms with Gasteiger partial charge >= 0.3 is 12.0 Å². The van der Waals surface area contributed by atoms with Gasteiger partial charge in [0.05, 0.1) is 5.69 Å². The number of aryl methyl sites for hydroxylation is 1. The maximum absolute atomic E-state index is 14.5. The topological polar surface area (TPSA) is 95.4 Å². The first-order chi connectivity index (χ1) is 13.3. The third-order valence-corrected chi connectivity index (χ3v) is 5.74. The number of benzene rings is 1. The van der Waals surface area contributed by atoms with E-state index in [1.165, 1.54) is 17.0 Å². The molecule has 1 aromatic carbocycles.